The number of hydrogen-bond donors (Lipinski definition) is 0. The molecule has 0 rings (SSSR count). The van der Waals surface area contributed by atoms with Crippen molar-refractivity contribution in [1.82, 2.24) is 0 Å². The predicted octanol–water partition coefficient (Wildman–Crippen LogP) is 3.98. The number of rotatable bonds is 5. The topological polar surface area (TPSA) is 9.23 Å². The van der Waals surface area contributed by atoms with Crippen LogP contribution in [0.15, 0.2) is 0 Å². The van der Waals surface area contributed by atoms with Crippen LogP contribution in [0.3, 0.4) is 0 Å². The van der Waals surface area contributed by atoms with Crippen LogP contribution in [0.5, 0.6) is 0 Å². The molecule has 0 aromatic carbocycles. The van der Waals surface area contributed by atoms with E-state index in [1.165, 1.54) is 0 Å². The Bertz CT molecular complexity index is 175. The van der Waals surface area contributed by atoms with Gasteiger partial charge < -0.3 is 4.52 Å². The Kier molecular flexibility index (Phi) is 6.40. The lowest BCUT2D eigenvalue weighted by Crippen LogP contribution is -2.10. The molecular formula is C7H15Cl2OPS. The molecule has 0 amide bonds. The van der Waals surface area contributed by atoms with Crippen molar-refractivity contribution < 1.29 is 4.52 Å². The summed E-state index contributed by atoms with van der Waals surface area (Å²) >= 11 is 17.0. The molecule has 0 spiro atoms. The van der Waals surface area contributed by atoms with Gasteiger partial charge in [0.25, 0.3) is 0 Å². The molecule has 0 fully saturated rings. The van der Waals surface area contributed by atoms with Crippen LogP contribution in [-0.4, -0.2) is 16.8 Å². The maximum atomic E-state index is 5.82. The van der Waals surface area contributed by atoms with Gasteiger partial charge in [0, 0.05) is 12.3 Å². The summed E-state index contributed by atoms with van der Waals surface area (Å²) in [6.07, 6.45) is -1.05. The van der Waals surface area contributed by atoms with Crippen molar-refractivity contribution in [2.75, 3.05) is 6.61 Å². The second-order valence-corrected chi connectivity index (χ2v) is 8.96. The van der Waals surface area contributed by atoms with Crippen molar-refractivity contribution in [3.63, 3.8) is 0 Å². The minimum atomic E-state index is -2.02. The average Bonchev–Trinajstić information content (AvgIpc) is 2.03. The molecule has 0 unspecified atom stereocenters. The summed E-state index contributed by atoms with van der Waals surface area (Å²) in [5, 5.41) is 0. The lowest BCUT2D eigenvalue weighted by atomic mass is 10.4. The third-order valence-corrected chi connectivity index (χ3v) is 9.07. The first-order valence-corrected chi connectivity index (χ1v) is 7.74. The minimum absolute atomic E-state index is 0.299. The van der Waals surface area contributed by atoms with Gasteiger partial charge in [-0.3, -0.25) is 0 Å². The Morgan fingerprint density at radius 2 is 1.92 bits per heavy atom. The third-order valence-electron chi connectivity index (χ3n) is 1.81. The van der Waals surface area contributed by atoms with Gasteiger partial charge in [-0.25, -0.2) is 0 Å². The molecular weight excluding hydrogens is 234 g/mol. The Labute approximate surface area is 89.9 Å². The number of halogens is 2. The van der Waals surface area contributed by atoms with Crippen LogP contribution in [0.25, 0.3) is 0 Å². The van der Waals surface area contributed by atoms with Crippen molar-refractivity contribution in [3.8, 4) is 0 Å². The van der Waals surface area contributed by atoms with E-state index in [2.05, 4.69) is 6.92 Å². The fourth-order valence-electron chi connectivity index (χ4n) is 0.832. The van der Waals surface area contributed by atoms with E-state index < -0.39 is 10.8 Å². The van der Waals surface area contributed by atoms with Crippen molar-refractivity contribution >= 4 is 41.3 Å². The molecule has 74 valence electrons. The molecule has 0 aliphatic rings. The van der Waals surface area contributed by atoms with E-state index in [1.54, 1.807) is 0 Å². The Hall–Kier alpha value is 1.19. The van der Waals surface area contributed by atoms with Gasteiger partial charge in [0.1, 0.15) is 6.26 Å². The smallest absolute Gasteiger partial charge is 0.158 e. The summed E-state index contributed by atoms with van der Waals surface area (Å²) < 4.78 is 4.97. The van der Waals surface area contributed by atoms with Crippen LogP contribution in [-0.2, 0) is 16.3 Å². The van der Waals surface area contributed by atoms with E-state index in [-0.39, 0.29) is 0 Å². The first kappa shape index (κ1) is 13.2. The highest BCUT2D eigenvalue weighted by Crippen LogP contribution is 2.60. The zero-order valence-corrected chi connectivity index (χ0v) is 10.8. The van der Waals surface area contributed by atoms with E-state index >= 15 is 0 Å². The third kappa shape index (κ3) is 3.16. The molecule has 2 atom stereocenters. The first-order valence-electron chi connectivity index (χ1n) is 4.01. The quantitative estimate of drug-likeness (QED) is 0.538. The lowest BCUT2D eigenvalue weighted by molar-refractivity contribution is 0.371. The molecule has 0 aromatic rings. The van der Waals surface area contributed by atoms with Crippen molar-refractivity contribution in [1.29, 1.82) is 0 Å². The van der Waals surface area contributed by atoms with Gasteiger partial charge in [-0.1, -0.05) is 48.9 Å². The number of hydrogen-bond acceptors (Lipinski definition) is 2. The van der Waals surface area contributed by atoms with E-state index in [1.807, 2.05) is 13.8 Å². The largest absolute Gasteiger partial charge is 0.348 e. The Morgan fingerprint density at radius 1 is 1.42 bits per heavy atom. The average molecular weight is 249 g/mol. The maximum absolute atomic E-state index is 5.82. The summed E-state index contributed by atoms with van der Waals surface area (Å²) in [5.74, 6) is 0. The fraction of sp³-hybridized carbons (Fsp3) is 1.00. The zero-order valence-electron chi connectivity index (χ0n) is 7.59. The molecule has 0 radical (unpaired) electrons. The molecule has 0 aliphatic heterocycles. The van der Waals surface area contributed by atoms with Crippen LogP contribution in [0.1, 0.15) is 27.2 Å². The summed E-state index contributed by atoms with van der Waals surface area (Å²) in [6, 6.07) is 0. The van der Waals surface area contributed by atoms with Crippen molar-refractivity contribution in [3.05, 3.63) is 0 Å². The van der Waals surface area contributed by atoms with Crippen LogP contribution in [0.2, 0.25) is 0 Å². The van der Waals surface area contributed by atoms with Crippen molar-refractivity contribution in [2.24, 2.45) is 0 Å². The number of alkyl halides is 2. The minimum Gasteiger partial charge on any atom is -0.348 e. The molecule has 12 heavy (non-hydrogen) atoms. The van der Waals surface area contributed by atoms with Gasteiger partial charge in [0.15, 0.2) is 4.58 Å². The van der Waals surface area contributed by atoms with E-state index in [0.29, 0.717) is 12.3 Å². The molecule has 0 N–H and O–H groups in total. The summed E-state index contributed by atoms with van der Waals surface area (Å²) in [6.45, 7) is 6.63. The van der Waals surface area contributed by atoms with Crippen molar-refractivity contribution in [2.45, 2.75) is 37.4 Å². The van der Waals surface area contributed by atoms with Crippen LogP contribution in [0.4, 0.5) is 0 Å². The molecule has 0 aromatic heterocycles. The predicted molar refractivity (Wildman–Crippen MR) is 61.2 cm³/mol. The highest BCUT2D eigenvalue weighted by atomic mass is 35.5. The molecule has 5 heteroatoms. The van der Waals surface area contributed by atoms with E-state index in [9.17, 15) is 0 Å². The van der Waals surface area contributed by atoms with Gasteiger partial charge in [-0.2, -0.15) is 0 Å². The van der Waals surface area contributed by atoms with Gasteiger partial charge in [-0.05, 0) is 13.3 Å². The monoisotopic (exact) mass is 248 g/mol. The molecule has 0 aliphatic carbocycles. The SMILES string of the molecule is CCO[P@](=S)(C(Cl)Cl)[C@@H](C)CC. The zero-order chi connectivity index (χ0) is 9.78. The van der Waals surface area contributed by atoms with Gasteiger partial charge in [0.05, 0.1) is 0 Å². The Morgan fingerprint density at radius 3 is 2.17 bits per heavy atom. The lowest BCUT2D eigenvalue weighted by Gasteiger charge is -2.28. The second-order valence-electron chi connectivity index (χ2n) is 2.60. The summed E-state index contributed by atoms with van der Waals surface area (Å²) in [5.41, 5.74) is 0.299. The Balaban J connectivity index is 4.50. The molecule has 0 saturated carbocycles. The normalized spacial score (nSPS) is 19.2. The van der Waals surface area contributed by atoms with Crippen LogP contribution in [0, 0.1) is 0 Å². The second kappa shape index (κ2) is 5.82. The maximum Gasteiger partial charge on any atom is 0.158 e. The van der Waals surface area contributed by atoms with Gasteiger partial charge >= 0.3 is 0 Å². The van der Waals surface area contributed by atoms with Crippen LogP contribution >= 0.6 is 29.5 Å². The highest BCUT2D eigenvalue weighted by Gasteiger charge is 2.30. The van der Waals surface area contributed by atoms with E-state index in [4.69, 9.17) is 39.5 Å². The molecule has 0 bridgehead atoms. The molecule has 1 nitrogen and oxygen atoms in total. The first-order chi connectivity index (χ1) is 5.49. The summed E-state index contributed by atoms with van der Waals surface area (Å²) in [7, 11) is 0. The standard InChI is InChI=1S/C7H15Cl2OPS/c1-4-6(3)11(12,7(8)9)10-5-2/h6-7H,4-5H2,1-3H3/t6-,11+/m0/s1. The highest BCUT2D eigenvalue weighted by molar-refractivity contribution is 8.14. The van der Waals surface area contributed by atoms with Gasteiger partial charge in [-0.15, -0.1) is 0 Å². The molecule has 0 heterocycles. The summed E-state index contributed by atoms with van der Waals surface area (Å²) in [4.78, 5) is 0. The fourth-order valence-corrected chi connectivity index (χ4v) is 4.75. The van der Waals surface area contributed by atoms with E-state index in [0.717, 1.165) is 6.42 Å². The molecule has 0 saturated heterocycles. The van der Waals surface area contributed by atoms with Crippen LogP contribution < -0.4 is 0 Å². The van der Waals surface area contributed by atoms with Gasteiger partial charge in [0.2, 0.25) is 0 Å².